The molecule has 4 heterocycles. The SMILES string of the molecule is CC(=O)N[C@H]1[C@H](O[C@@H]([C@@H](O)[C@H](O)CO[C@@H]2O[C@H](CO)[C@H](O)[C@H](O)[C@H]2O[C@@H]2O[C@@H](C)[C@@H](O)[C@@H](O)[C@@H]2O)[C@H](CO)NC(C)=O)O[C@H](CO)[C@@H](O[C@@H]2O[C@H](CO)[C@H](O)[C@H](O)[C@H]2O)[C@@H]1O. The summed E-state index contributed by atoms with van der Waals surface area (Å²) in [4.78, 5) is 24.6. The molecule has 4 fully saturated rings. The fourth-order valence-corrected chi connectivity index (χ4v) is 7.26. The van der Waals surface area contributed by atoms with Crippen LogP contribution in [0.4, 0.5) is 0 Å². The van der Waals surface area contributed by atoms with Crippen LogP contribution >= 0.6 is 0 Å². The Bertz CT molecular complexity index is 1370. The Morgan fingerprint density at radius 1 is 0.590 bits per heavy atom. The summed E-state index contributed by atoms with van der Waals surface area (Å²) >= 11 is 0. The van der Waals surface area contributed by atoms with Crippen molar-refractivity contribution in [3.05, 3.63) is 0 Å². The van der Waals surface area contributed by atoms with Crippen LogP contribution in [-0.2, 0) is 47.5 Å². The van der Waals surface area contributed by atoms with E-state index in [4.69, 9.17) is 37.9 Å². The number of amides is 2. The highest BCUT2D eigenvalue weighted by Gasteiger charge is 2.54. The van der Waals surface area contributed by atoms with Gasteiger partial charge >= 0.3 is 0 Å². The molecule has 0 aromatic heterocycles. The molecule has 24 atom stereocenters. The number of aliphatic hydroxyl groups excluding tert-OH is 15. The number of aliphatic hydroxyl groups is 15. The van der Waals surface area contributed by atoms with Gasteiger partial charge in [0, 0.05) is 13.8 Å². The Kier molecular flexibility index (Phi) is 19.3. The van der Waals surface area contributed by atoms with Gasteiger partial charge in [-0.15, -0.1) is 0 Å². The molecular weight excluding hydrogens is 836 g/mol. The molecule has 17 N–H and O–H groups in total. The van der Waals surface area contributed by atoms with Gasteiger partial charge in [0.1, 0.15) is 110 Å². The second kappa shape index (κ2) is 22.8. The van der Waals surface area contributed by atoms with E-state index in [1.807, 2.05) is 0 Å². The minimum Gasteiger partial charge on any atom is -0.394 e. The number of carbonyl (C=O) groups excluding carboxylic acids is 2. The maximum absolute atomic E-state index is 12.4. The molecule has 356 valence electrons. The molecular formula is C34H60N2O25. The lowest BCUT2D eigenvalue weighted by atomic mass is 9.94. The standard InChI is InChI=1S/C34H60N2O25/c1-9-18(44)23(49)26(52)32(55-9)61-30-25(51)21(47)15(6-39)57-34(30)54-8-13(43)19(45)28(12(4-37)35-10(2)41)59-31-17(36-11(3)42)22(48)29(16(7-40)58-31)60-33-27(53)24(50)20(46)14(5-38)56-33/h9,12-34,37-40,43-53H,4-8H2,1-3H3,(H,35,41)(H,36,42)/t9-,12-,13+,14+,15+,16+,17+,18+,19-,20-,21-,22+,23+,24-,25-,26-,27+,28+,29+,30+,31-,32-,33-,34+/m0/s1. The molecule has 0 aromatic rings. The Morgan fingerprint density at radius 3 is 1.64 bits per heavy atom. The van der Waals surface area contributed by atoms with Crippen molar-refractivity contribution in [1.82, 2.24) is 10.6 Å². The summed E-state index contributed by atoms with van der Waals surface area (Å²) < 4.78 is 45.0. The van der Waals surface area contributed by atoms with Crippen LogP contribution in [-0.4, -0.2) is 269 Å². The molecule has 0 spiro atoms. The van der Waals surface area contributed by atoms with Gasteiger partial charge in [0.25, 0.3) is 0 Å². The molecule has 27 nitrogen and oxygen atoms in total. The Morgan fingerprint density at radius 2 is 1.10 bits per heavy atom. The highest BCUT2D eigenvalue weighted by atomic mass is 16.8. The van der Waals surface area contributed by atoms with E-state index in [1.54, 1.807) is 0 Å². The summed E-state index contributed by atoms with van der Waals surface area (Å²) in [6.07, 6.45) is -39.6. The fraction of sp³-hybridized carbons (Fsp3) is 0.941. The second-order valence-corrected chi connectivity index (χ2v) is 15.2. The number of rotatable bonds is 18. The number of nitrogens with one attached hydrogen (secondary N) is 2. The van der Waals surface area contributed by atoms with Crippen molar-refractivity contribution in [2.45, 2.75) is 168 Å². The normalized spacial score (nSPS) is 44.1. The van der Waals surface area contributed by atoms with Gasteiger partial charge in [-0.05, 0) is 6.92 Å². The molecule has 0 radical (unpaired) electrons. The molecule has 2 amide bonds. The summed E-state index contributed by atoms with van der Waals surface area (Å²) in [7, 11) is 0. The molecule has 0 bridgehead atoms. The van der Waals surface area contributed by atoms with E-state index in [1.165, 1.54) is 6.92 Å². The summed E-state index contributed by atoms with van der Waals surface area (Å²) in [5, 5.41) is 162. The van der Waals surface area contributed by atoms with Crippen molar-refractivity contribution in [2.75, 3.05) is 33.0 Å². The second-order valence-electron chi connectivity index (χ2n) is 15.2. The average molecular weight is 897 g/mol. The molecule has 0 unspecified atom stereocenters. The largest absolute Gasteiger partial charge is 0.394 e. The van der Waals surface area contributed by atoms with Gasteiger partial charge < -0.3 is 125 Å². The van der Waals surface area contributed by atoms with Crippen molar-refractivity contribution in [3.8, 4) is 0 Å². The Hall–Kier alpha value is -1.98. The van der Waals surface area contributed by atoms with Gasteiger partial charge in [-0.25, -0.2) is 0 Å². The van der Waals surface area contributed by atoms with Gasteiger partial charge in [-0.3, -0.25) is 9.59 Å². The zero-order chi connectivity index (χ0) is 45.6. The number of carbonyl (C=O) groups is 2. The van der Waals surface area contributed by atoms with Crippen LogP contribution in [0.25, 0.3) is 0 Å². The summed E-state index contributed by atoms with van der Waals surface area (Å²) in [6.45, 7) is -1.30. The van der Waals surface area contributed by atoms with Crippen LogP contribution in [0.1, 0.15) is 20.8 Å². The monoisotopic (exact) mass is 896 g/mol. The first-order valence-corrected chi connectivity index (χ1v) is 19.4. The van der Waals surface area contributed by atoms with E-state index in [0.29, 0.717) is 0 Å². The van der Waals surface area contributed by atoms with Crippen molar-refractivity contribution in [1.29, 1.82) is 0 Å². The third-order valence-corrected chi connectivity index (χ3v) is 10.7. The summed E-state index contributed by atoms with van der Waals surface area (Å²) in [5.74, 6) is -1.60. The maximum atomic E-state index is 12.4. The Balaban J connectivity index is 1.57. The summed E-state index contributed by atoms with van der Waals surface area (Å²) in [5.41, 5.74) is 0. The zero-order valence-electron chi connectivity index (χ0n) is 33.2. The first-order valence-electron chi connectivity index (χ1n) is 19.4. The van der Waals surface area contributed by atoms with Gasteiger partial charge in [-0.2, -0.15) is 0 Å². The first kappa shape index (κ1) is 51.7. The van der Waals surface area contributed by atoms with E-state index >= 15 is 0 Å². The van der Waals surface area contributed by atoms with E-state index in [2.05, 4.69) is 10.6 Å². The highest BCUT2D eigenvalue weighted by Crippen LogP contribution is 2.33. The molecule has 4 aliphatic rings. The summed E-state index contributed by atoms with van der Waals surface area (Å²) in [6, 6.07) is -3.32. The number of hydrogen-bond acceptors (Lipinski definition) is 25. The van der Waals surface area contributed by atoms with E-state index in [9.17, 15) is 86.2 Å². The first-order chi connectivity index (χ1) is 28.7. The average Bonchev–Trinajstić information content (AvgIpc) is 3.22. The van der Waals surface area contributed by atoms with Crippen LogP contribution in [0.2, 0.25) is 0 Å². The number of hydrogen-bond donors (Lipinski definition) is 17. The lowest BCUT2D eigenvalue weighted by molar-refractivity contribution is -0.367. The molecule has 0 aromatic carbocycles. The van der Waals surface area contributed by atoms with Crippen LogP contribution in [0, 0.1) is 0 Å². The van der Waals surface area contributed by atoms with Crippen molar-refractivity contribution >= 4 is 11.8 Å². The number of ether oxygens (including phenoxy) is 8. The van der Waals surface area contributed by atoms with Crippen LogP contribution in [0.5, 0.6) is 0 Å². The topological polar surface area (TPSA) is 435 Å². The molecule has 0 aliphatic carbocycles. The highest BCUT2D eigenvalue weighted by molar-refractivity contribution is 5.73. The van der Waals surface area contributed by atoms with Crippen molar-refractivity contribution in [3.63, 3.8) is 0 Å². The molecule has 0 saturated carbocycles. The quantitative estimate of drug-likeness (QED) is 0.0607. The zero-order valence-corrected chi connectivity index (χ0v) is 33.2. The van der Waals surface area contributed by atoms with Crippen molar-refractivity contribution in [2.24, 2.45) is 0 Å². The lowest BCUT2D eigenvalue weighted by Gasteiger charge is -2.48. The molecule has 4 rings (SSSR count). The van der Waals surface area contributed by atoms with Crippen molar-refractivity contribution < 1.29 is 124 Å². The lowest BCUT2D eigenvalue weighted by Crippen LogP contribution is -2.69. The predicted molar refractivity (Wildman–Crippen MR) is 191 cm³/mol. The third kappa shape index (κ3) is 12.0. The van der Waals surface area contributed by atoms with Gasteiger partial charge in [-0.1, -0.05) is 0 Å². The van der Waals surface area contributed by atoms with E-state index in [-0.39, 0.29) is 0 Å². The Labute approximate surface area is 347 Å². The van der Waals surface area contributed by atoms with Gasteiger partial charge in [0.15, 0.2) is 25.2 Å². The molecule has 27 heteroatoms. The van der Waals surface area contributed by atoms with Crippen LogP contribution < -0.4 is 10.6 Å². The smallest absolute Gasteiger partial charge is 0.217 e. The minimum atomic E-state index is -2.23. The van der Waals surface area contributed by atoms with E-state index in [0.717, 1.165) is 13.8 Å². The van der Waals surface area contributed by atoms with Crippen LogP contribution in [0.3, 0.4) is 0 Å². The third-order valence-electron chi connectivity index (χ3n) is 10.7. The predicted octanol–water partition coefficient (Wildman–Crippen LogP) is -11.0. The van der Waals surface area contributed by atoms with Crippen LogP contribution in [0.15, 0.2) is 0 Å². The molecule has 4 aliphatic heterocycles. The molecule has 4 saturated heterocycles. The van der Waals surface area contributed by atoms with Gasteiger partial charge in [0.2, 0.25) is 11.8 Å². The van der Waals surface area contributed by atoms with E-state index < -0.39 is 192 Å². The molecule has 61 heavy (non-hydrogen) atoms. The maximum Gasteiger partial charge on any atom is 0.217 e. The fourth-order valence-electron chi connectivity index (χ4n) is 7.26. The minimum absolute atomic E-state index is 0.785. The van der Waals surface area contributed by atoms with Gasteiger partial charge in [0.05, 0.1) is 45.2 Å².